The van der Waals surface area contributed by atoms with E-state index in [0.717, 1.165) is 6.42 Å². The first-order chi connectivity index (χ1) is 7.93. The van der Waals surface area contributed by atoms with Crippen LogP contribution < -0.4 is 5.32 Å². The molecular formula is C12H23NO4. The van der Waals surface area contributed by atoms with Gasteiger partial charge in [0.15, 0.2) is 0 Å². The molecule has 5 heteroatoms. The van der Waals surface area contributed by atoms with Crippen molar-refractivity contribution in [2.24, 2.45) is 5.41 Å². The van der Waals surface area contributed by atoms with Crippen molar-refractivity contribution in [1.82, 2.24) is 5.32 Å². The quantitative estimate of drug-likeness (QED) is 0.697. The molecule has 1 saturated carbocycles. The van der Waals surface area contributed by atoms with Gasteiger partial charge in [-0.15, -0.1) is 0 Å². The predicted molar refractivity (Wildman–Crippen MR) is 64.0 cm³/mol. The zero-order chi connectivity index (χ0) is 13.1. The number of methoxy groups -OCH3 is 1. The van der Waals surface area contributed by atoms with Crippen LogP contribution in [0.1, 0.15) is 27.2 Å². The fourth-order valence-electron chi connectivity index (χ4n) is 2.25. The average molecular weight is 245 g/mol. The Labute approximate surface area is 102 Å². The van der Waals surface area contributed by atoms with Crippen LogP contribution in [0.3, 0.4) is 0 Å². The maximum Gasteiger partial charge on any atom is 0.323 e. The smallest absolute Gasteiger partial charge is 0.323 e. The predicted octanol–water partition coefficient (Wildman–Crippen LogP) is 0.879. The zero-order valence-electron chi connectivity index (χ0n) is 11.0. The van der Waals surface area contributed by atoms with Crippen LogP contribution in [0.4, 0.5) is 0 Å². The third kappa shape index (κ3) is 3.18. The normalized spacial score (nSPS) is 28.5. The Bertz CT molecular complexity index is 267. The fraction of sp³-hybridized carbons (Fsp3) is 0.917. The minimum Gasteiger partial charge on any atom is -0.480 e. The third-order valence-corrected chi connectivity index (χ3v) is 3.58. The molecule has 0 radical (unpaired) electrons. The van der Waals surface area contributed by atoms with Gasteiger partial charge < -0.3 is 14.6 Å². The highest BCUT2D eigenvalue weighted by atomic mass is 16.5. The highest BCUT2D eigenvalue weighted by Gasteiger charge is 2.49. The Morgan fingerprint density at radius 3 is 2.65 bits per heavy atom. The standard InChI is InChI=1S/C12H23NO4/c1-5-17-10-6-9(12(10,2)3)13-8(7-16-4)11(14)15/h8-10,13H,5-7H2,1-4H3,(H,14,15). The van der Waals surface area contributed by atoms with Crippen LogP contribution in [0.2, 0.25) is 0 Å². The molecule has 5 nitrogen and oxygen atoms in total. The lowest BCUT2D eigenvalue weighted by atomic mass is 9.64. The summed E-state index contributed by atoms with van der Waals surface area (Å²) in [6.45, 7) is 7.05. The topological polar surface area (TPSA) is 67.8 Å². The van der Waals surface area contributed by atoms with Gasteiger partial charge in [-0.1, -0.05) is 13.8 Å². The average Bonchev–Trinajstić information content (AvgIpc) is 2.26. The second-order valence-corrected chi connectivity index (χ2v) is 5.07. The van der Waals surface area contributed by atoms with E-state index in [2.05, 4.69) is 19.2 Å². The molecule has 0 amide bonds. The number of rotatable bonds is 7. The van der Waals surface area contributed by atoms with Crippen molar-refractivity contribution in [3.63, 3.8) is 0 Å². The Morgan fingerprint density at radius 1 is 1.59 bits per heavy atom. The van der Waals surface area contributed by atoms with Crippen molar-refractivity contribution in [3.8, 4) is 0 Å². The Morgan fingerprint density at radius 2 is 2.24 bits per heavy atom. The summed E-state index contributed by atoms with van der Waals surface area (Å²) in [4.78, 5) is 11.0. The van der Waals surface area contributed by atoms with Crippen LogP contribution in [0.15, 0.2) is 0 Å². The molecule has 3 atom stereocenters. The molecule has 2 N–H and O–H groups in total. The first kappa shape index (κ1) is 14.4. The van der Waals surface area contributed by atoms with Crippen LogP contribution >= 0.6 is 0 Å². The summed E-state index contributed by atoms with van der Waals surface area (Å²) < 4.78 is 10.5. The molecule has 0 saturated heterocycles. The van der Waals surface area contributed by atoms with Gasteiger partial charge in [0.25, 0.3) is 0 Å². The van der Waals surface area contributed by atoms with E-state index in [1.807, 2.05) is 6.92 Å². The Balaban J connectivity index is 2.50. The van der Waals surface area contributed by atoms with Crippen molar-refractivity contribution in [2.45, 2.75) is 45.4 Å². The number of carboxylic acids is 1. The number of carboxylic acid groups (broad SMARTS) is 1. The molecule has 0 aromatic rings. The van der Waals surface area contributed by atoms with Gasteiger partial charge in [0.05, 0.1) is 12.7 Å². The summed E-state index contributed by atoms with van der Waals surface area (Å²) in [5, 5.41) is 12.2. The van der Waals surface area contributed by atoms with Gasteiger partial charge in [-0.05, 0) is 13.3 Å². The fourth-order valence-corrected chi connectivity index (χ4v) is 2.25. The monoisotopic (exact) mass is 245 g/mol. The Kier molecular flexibility index (Phi) is 4.91. The maximum atomic E-state index is 11.0. The molecule has 1 aliphatic carbocycles. The van der Waals surface area contributed by atoms with Crippen molar-refractivity contribution in [2.75, 3.05) is 20.3 Å². The molecule has 0 aromatic heterocycles. The van der Waals surface area contributed by atoms with Gasteiger partial charge in [-0.3, -0.25) is 10.1 Å². The molecule has 0 aromatic carbocycles. The summed E-state index contributed by atoms with van der Waals surface area (Å²) in [5.41, 5.74) is -0.0303. The van der Waals surface area contributed by atoms with E-state index in [9.17, 15) is 4.79 Å². The molecule has 1 rings (SSSR count). The van der Waals surface area contributed by atoms with E-state index in [1.165, 1.54) is 7.11 Å². The van der Waals surface area contributed by atoms with Gasteiger partial charge in [-0.25, -0.2) is 0 Å². The molecule has 1 fully saturated rings. The lowest BCUT2D eigenvalue weighted by molar-refractivity contribution is -0.146. The van der Waals surface area contributed by atoms with Gasteiger partial charge in [-0.2, -0.15) is 0 Å². The van der Waals surface area contributed by atoms with E-state index < -0.39 is 12.0 Å². The lowest BCUT2D eigenvalue weighted by Crippen LogP contribution is -2.64. The molecular weight excluding hydrogens is 222 g/mol. The van der Waals surface area contributed by atoms with E-state index in [0.29, 0.717) is 6.61 Å². The van der Waals surface area contributed by atoms with Crippen molar-refractivity contribution < 1.29 is 19.4 Å². The SMILES string of the molecule is CCOC1CC(NC(COC)C(=O)O)C1(C)C. The number of hydrogen-bond donors (Lipinski definition) is 2. The molecule has 0 spiro atoms. The largest absolute Gasteiger partial charge is 0.480 e. The summed E-state index contributed by atoms with van der Waals surface area (Å²) in [7, 11) is 1.51. The van der Waals surface area contributed by atoms with Crippen LogP contribution in [0, 0.1) is 5.41 Å². The van der Waals surface area contributed by atoms with Gasteiger partial charge in [0.2, 0.25) is 0 Å². The molecule has 0 aliphatic heterocycles. The third-order valence-electron chi connectivity index (χ3n) is 3.58. The van der Waals surface area contributed by atoms with E-state index in [-0.39, 0.29) is 24.2 Å². The van der Waals surface area contributed by atoms with Crippen LogP contribution in [-0.2, 0) is 14.3 Å². The summed E-state index contributed by atoms with van der Waals surface area (Å²) in [6, 6.07) is -0.484. The minimum atomic E-state index is -0.873. The maximum absolute atomic E-state index is 11.0. The first-order valence-corrected chi connectivity index (χ1v) is 6.02. The molecule has 100 valence electrons. The Hall–Kier alpha value is -0.650. The summed E-state index contributed by atoms with van der Waals surface area (Å²) >= 11 is 0. The highest BCUT2D eigenvalue weighted by Crippen LogP contribution is 2.42. The minimum absolute atomic E-state index is 0.0303. The van der Waals surface area contributed by atoms with Crippen molar-refractivity contribution in [3.05, 3.63) is 0 Å². The molecule has 17 heavy (non-hydrogen) atoms. The zero-order valence-corrected chi connectivity index (χ0v) is 11.0. The molecule has 3 unspecified atom stereocenters. The number of aliphatic carboxylic acids is 1. The van der Waals surface area contributed by atoms with Crippen molar-refractivity contribution in [1.29, 1.82) is 0 Å². The second-order valence-electron chi connectivity index (χ2n) is 5.07. The summed E-state index contributed by atoms with van der Waals surface area (Å²) in [5.74, 6) is -0.873. The molecule has 0 heterocycles. The second kappa shape index (κ2) is 5.80. The van der Waals surface area contributed by atoms with Crippen LogP contribution in [-0.4, -0.2) is 49.6 Å². The molecule has 1 aliphatic rings. The van der Waals surface area contributed by atoms with Crippen molar-refractivity contribution >= 4 is 5.97 Å². The summed E-state index contributed by atoms with van der Waals surface area (Å²) in [6.07, 6.45) is 1.07. The van der Waals surface area contributed by atoms with E-state index in [1.54, 1.807) is 0 Å². The number of hydrogen-bond acceptors (Lipinski definition) is 4. The van der Waals surface area contributed by atoms with Gasteiger partial charge in [0, 0.05) is 25.2 Å². The van der Waals surface area contributed by atoms with E-state index in [4.69, 9.17) is 14.6 Å². The molecule has 0 bridgehead atoms. The van der Waals surface area contributed by atoms with Gasteiger partial charge in [0.1, 0.15) is 6.04 Å². The van der Waals surface area contributed by atoms with Crippen LogP contribution in [0.5, 0.6) is 0 Å². The highest BCUT2D eigenvalue weighted by molar-refractivity contribution is 5.73. The first-order valence-electron chi connectivity index (χ1n) is 6.02. The number of carbonyl (C=O) groups is 1. The van der Waals surface area contributed by atoms with E-state index >= 15 is 0 Å². The lowest BCUT2D eigenvalue weighted by Gasteiger charge is -2.52. The van der Waals surface area contributed by atoms with Crippen LogP contribution in [0.25, 0.3) is 0 Å². The number of nitrogens with one attached hydrogen (secondary N) is 1. The number of ether oxygens (including phenoxy) is 2. The van der Waals surface area contributed by atoms with Gasteiger partial charge >= 0.3 is 5.97 Å².